The fourth-order valence-corrected chi connectivity index (χ4v) is 7.83. The van der Waals surface area contributed by atoms with E-state index in [9.17, 15) is 0 Å². The quantitative estimate of drug-likeness (QED) is 0.188. The topological polar surface area (TPSA) is 3.24 Å². The third-order valence-corrected chi connectivity index (χ3v) is 10.1. The standard InChI is InChI=1S/C44H35NS/c1-44(2,3)40-28-33(37-18-11-15-32-14-7-8-16-36(32)37)22-27-41(40)45(34-23-20-31(21-24-34)30-12-5-4-6-13-30)35-25-26-39-38-17-9-10-19-42(38)46-43(39)29-35/h4-29H,1-3H3. The van der Waals surface area contributed by atoms with E-state index in [1.54, 1.807) is 0 Å². The minimum atomic E-state index is -0.0974. The van der Waals surface area contributed by atoms with E-state index in [2.05, 4.69) is 183 Å². The zero-order valence-corrected chi connectivity index (χ0v) is 27.2. The van der Waals surface area contributed by atoms with Crippen LogP contribution in [0.15, 0.2) is 158 Å². The zero-order valence-electron chi connectivity index (χ0n) is 26.4. The van der Waals surface area contributed by atoms with E-state index in [-0.39, 0.29) is 5.41 Å². The molecule has 0 aliphatic heterocycles. The van der Waals surface area contributed by atoms with Gasteiger partial charge in [0.2, 0.25) is 0 Å². The molecule has 0 unspecified atom stereocenters. The third-order valence-electron chi connectivity index (χ3n) is 9.00. The summed E-state index contributed by atoms with van der Waals surface area (Å²) >= 11 is 1.87. The highest BCUT2D eigenvalue weighted by Gasteiger charge is 2.25. The van der Waals surface area contributed by atoms with Gasteiger partial charge in [-0.15, -0.1) is 11.3 Å². The van der Waals surface area contributed by atoms with E-state index in [0.29, 0.717) is 0 Å². The van der Waals surface area contributed by atoms with Crippen LogP contribution in [0.4, 0.5) is 17.1 Å². The average molecular weight is 610 g/mol. The summed E-state index contributed by atoms with van der Waals surface area (Å²) in [6.07, 6.45) is 0. The van der Waals surface area contributed by atoms with Crippen LogP contribution in [0.5, 0.6) is 0 Å². The molecule has 1 nitrogen and oxygen atoms in total. The normalized spacial score (nSPS) is 11.8. The molecule has 8 rings (SSSR count). The lowest BCUT2D eigenvalue weighted by Crippen LogP contribution is -2.19. The molecule has 0 N–H and O–H groups in total. The van der Waals surface area contributed by atoms with Crippen LogP contribution in [0.25, 0.3) is 53.2 Å². The second-order valence-corrected chi connectivity index (χ2v) is 14.1. The van der Waals surface area contributed by atoms with Crippen LogP contribution in [-0.2, 0) is 5.41 Å². The Hall–Kier alpha value is -5.18. The van der Waals surface area contributed by atoms with Crippen LogP contribution < -0.4 is 4.90 Å². The molecule has 1 aromatic heterocycles. The lowest BCUT2D eigenvalue weighted by Gasteiger charge is -2.32. The molecule has 0 bridgehead atoms. The number of anilines is 3. The molecule has 8 aromatic rings. The number of fused-ring (bicyclic) bond motifs is 4. The number of nitrogens with zero attached hydrogens (tertiary/aromatic N) is 1. The van der Waals surface area contributed by atoms with E-state index in [1.165, 1.54) is 64.4 Å². The molecule has 222 valence electrons. The molecule has 0 aliphatic rings. The molecule has 0 atom stereocenters. The summed E-state index contributed by atoms with van der Waals surface area (Å²) < 4.78 is 2.62. The van der Waals surface area contributed by atoms with Crippen molar-refractivity contribution in [3.63, 3.8) is 0 Å². The Morgan fingerprint density at radius 3 is 1.89 bits per heavy atom. The van der Waals surface area contributed by atoms with Crippen molar-refractivity contribution in [2.75, 3.05) is 4.90 Å². The highest BCUT2D eigenvalue weighted by atomic mass is 32.1. The predicted octanol–water partition coefficient (Wildman–Crippen LogP) is 13.3. The van der Waals surface area contributed by atoms with Gasteiger partial charge < -0.3 is 4.90 Å². The molecule has 0 aliphatic carbocycles. The van der Waals surface area contributed by atoms with Gasteiger partial charge in [-0.3, -0.25) is 0 Å². The first kappa shape index (κ1) is 28.3. The van der Waals surface area contributed by atoms with Crippen molar-refractivity contribution in [3.05, 3.63) is 163 Å². The summed E-state index contributed by atoms with van der Waals surface area (Å²) in [6.45, 7) is 6.97. The summed E-state index contributed by atoms with van der Waals surface area (Å²) in [5.74, 6) is 0. The molecule has 0 saturated heterocycles. The van der Waals surface area contributed by atoms with E-state index in [0.717, 1.165) is 11.4 Å². The second-order valence-electron chi connectivity index (χ2n) is 13.0. The Kier molecular flexibility index (Phi) is 6.96. The van der Waals surface area contributed by atoms with E-state index in [1.807, 2.05) is 11.3 Å². The highest BCUT2D eigenvalue weighted by Crippen LogP contribution is 2.45. The summed E-state index contributed by atoms with van der Waals surface area (Å²) in [5, 5.41) is 5.17. The maximum atomic E-state index is 2.45. The number of thiophene rings is 1. The number of benzene rings is 7. The van der Waals surface area contributed by atoms with Gasteiger partial charge >= 0.3 is 0 Å². The maximum absolute atomic E-state index is 2.45. The molecule has 46 heavy (non-hydrogen) atoms. The average Bonchev–Trinajstić information content (AvgIpc) is 3.46. The van der Waals surface area contributed by atoms with Gasteiger partial charge in [-0.2, -0.15) is 0 Å². The summed E-state index contributed by atoms with van der Waals surface area (Å²) in [4.78, 5) is 2.45. The van der Waals surface area contributed by atoms with Gasteiger partial charge in [0, 0.05) is 37.2 Å². The SMILES string of the molecule is CC(C)(C)c1cc(-c2cccc3ccccc23)ccc1N(c1ccc(-c2ccccc2)cc1)c1ccc2c(c1)sc1ccccc12. The molecule has 0 amide bonds. The Labute approximate surface area is 275 Å². The number of rotatable bonds is 5. The molecule has 0 spiro atoms. The van der Waals surface area contributed by atoms with Gasteiger partial charge in [0.15, 0.2) is 0 Å². The highest BCUT2D eigenvalue weighted by molar-refractivity contribution is 7.25. The van der Waals surface area contributed by atoms with Gasteiger partial charge in [-0.25, -0.2) is 0 Å². The van der Waals surface area contributed by atoms with Crippen molar-refractivity contribution in [1.82, 2.24) is 0 Å². The summed E-state index contributed by atoms with van der Waals surface area (Å²) in [6, 6.07) is 57.7. The van der Waals surface area contributed by atoms with E-state index >= 15 is 0 Å². The van der Waals surface area contributed by atoms with Gasteiger partial charge in [0.25, 0.3) is 0 Å². The first-order valence-corrected chi connectivity index (χ1v) is 16.8. The van der Waals surface area contributed by atoms with Crippen molar-refractivity contribution < 1.29 is 0 Å². The smallest absolute Gasteiger partial charge is 0.0499 e. The van der Waals surface area contributed by atoms with Crippen molar-refractivity contribution in [2.24, 2.45) is 0 Å². The first-order chi connectivity index (χ1) is 22.4. The van der Waals surface area contributed by atoms with Gasteiger partial charge in [-0.05, 0) is 86.5 Å². The van der Waals surface area contributed by atoms with Crippen LogP contribution >= 0.6 is 11.3 Å². The van der Waals surface area contributed by atoms with Crippen molar-refractivity contribution >= 4 is 59.3 Å². The molecule has 0 radical (unpaired) electrons. The van der Waals surface area contributed by atoms with Gasteiger partial charge in [-0.1, -0.05) is 136 Å². The van der Waals surface area contributed by atoms with E-state index in [4.69, 9.17) is 0 Å². The van der Waals surface area contributed by atoms with Crippen LogP contribution in [0.3, 0.4) is 0 Å². The number of hydrogen-bond acceptors (Lipinski definition) is 2. The fourth-order valence-electron chi connectivity index (χ4n) is 6.69. The first-order valence-electron chi connectivity index (χ1n) is 15.9. The predicted molar refractivity (Wildman–Crippen MR) is 201 cm³/mol. The largest absolute Gasteiger partial charge is 0.310 e. The van der Waals surface area contributed by atoms with E-state index < -0.39 is 0 Å². The monoisotopic (exact) mass is 609 g/mol. The van der Waals surface area contributed by atoms with Crippen LogP contribution in [-0.4, -0.2) is 0 Å². The Bertz CT molecular complexity index is 2330. The molecular formula is C44H35NS. The molecule has 2 heteroatoms. The number of hydrogen-bond donors (Lipinski definition) is 0. The minimum Gasteiger partial charge on any atom is -0.310 e. The molecule has 0 fully saturated rings. The van der Waals surface area contributed by atoms with Crippen molar-refractivity contribution in [3.8, 4) is 22.3 Å². The lowest BCUT2D eigenvalue weighted by atomic mass is 9.83. The molecule has 7 aromatic carbocycles. The lowest BCUT2D eigenvalue weighted by molar-refractivity contribution is 0.591. The van der Waals surface area contributed by atoms with Crippen LogP contribution in [0.1, 0.15) is 26.3 Å². The van der Waals surface area contributed by atoms with Crippen molar-refractivity contribution in [2.45, 2.75) is 26.2 Å². The Morgan fingerprint density at radius 1 is 0.457 bits per heavy atom. The fraction of sp³-hybridized carbons (Fsp3) is 0.0909. The molecule has 0 saturated carbocycles. The summed E-state index contributed by atoms with van der Waals surface area (Å²) in [7, 11) is 0. The minimum absolute atomic E-state index is 0.0974. The molecular weight excluding hydrogens is 575 g/mol. The van der Waals surface area contributed by atoms with Crippen LogP contribution in [0, 0.1) is 0 Å². The van der Waals surface area contributed by atoms with Crippen LogP contribution in [0.2, 0.25) is 0 Å². The zero-order chi connectivity index (χ0) is 31.3. The Balaban J connectivity index is 1.33. The summed E-state index contributed by atoms with van der Waals surface area (Å²) in [5.41, 5.74) is 9.66. The maximum Gasteiger partial charge on any atom is 0.0499 e. The molecule has 1 heterocycles. The third kappa shape index (κ3) is 5.05. The van der Waals surface area contributed by atoms with Gasteiger partial charge in [0.1, 0.15) is 0 Å². The Morgan fingerprint density at radius 2 is 1.09 bits per heavy atom. The van der Waals surface area contributed by atoms with Gasteiger partial charge in [0.05, 0.1) is 0 Å². The second kappa shape index (κ2) is 11.3. The van der Waals surface area contributed by atoms with Crippen molar-refractivity contribution in [1.29, 1.82) is 0 Å².